The number of aromatic nitrogens is 5. The summed E-state index contributed by atoms with van der Waals surface area (Å²) in [6.45, 7) is 2.39. The third kappa shape index (κ3) is 2.49. The number of H-pyrrole nitrogens is 1. The van der Waals surface area contributed by atoms with E-state index in [0.717, 1.165) is 0 Å². The van der Waals surface area contributed by atoms with Gasteiger partial charge in [0.2, 0.25) is 5.95 Å². The lowest BCUT2D eigenvalue weighted by Crippen LogP contribution is -2.16. The zero-order valence-electron chi connectivity index (χ0n) is 9.77. The normalized spacial score (nSPS) is 10.6. The SMILES string of the molecule is CCn1c(Sc2nc(NC)ncc2Cl)n[nH]c1=O. The van der Waals surface area contributed by atoms with E-state index >= 15 is 0 Å². The second-order valence-corrected chi connectivity index (χ2v) is 4.62. The van der Waals surface area contributed by atoms with Crippen LogP contribution in [0.5, 0.6) is 0 Å². The van der Waals surface area contributed by atoms with Crippen LogP contribution in [0.2, 0.25) is 5.02 Å². The molecule has 18 heavy (non-hydrogen) atoms. The van der Waals surface area contributed by atoms with Crippen LogP contribution in [0, 0.1) is 0 Å². The Bertz CT molecular complexity index is 609. The molecule has 0 atom stereocenters. The summed E-state index contributed by atoms with van der Waals surface area (Å²) in [5.74, 6) is 0.461. The van der Waals surface area contributed by atoms with E-state index in [0.29, 0.717) is 27.7 Å². The molecule has 96 valence electrons. The van der Waals surface area contributed by atoms with E-state index in [2.05, 4.69) is 25.5 Å². The molecule has 2 aromatic rings. The molecule has 0 amide bonds. The maximum absolute atomic E-state index is 11.4. The molecule has 7 nitrogen and oxygen atoms in total. The van der Waals surface area contributed by atoms with Gasteiger partial charge in [-0.3, -0.25) is 4.57 Å². The van der Waals surface area contributed by atoms with Gasteiger partial charge in [0.25, 0.3) is 0 Å². The van der Waals surface area contributed by atoms with Crippen molar-refractivity contribution in [2.24, 2.45) is 0 Å². The molecular weight excluding hydrogens is 276 g/mol. The van der Waals surface area contributed by atoms with E-state index in [1.807, 2.05) is 6.92 Å². The minimum Gasteiger partial charge on any atom is -0.357 e. The molecule has 0 bridgehead atoms. The van der Waals surface area contributed by atoms with E-state index in [1.54, 1.807) is 7.05 Å². The lowest BCUT2D eigenvalue weighted by atomic mass is 10.6. The maximum Gasteiger partial charge on any atom is 0.343 e. The summed E-state index contributed by atoms with van der Waals surface area (Å²) in [5, 5.41) is 10.6. The molecule has 0 fully saturated rings. The van der Waals surface area contributed by atoms with Crippen LogP contribution in [0.25, 0.3) is 0 Å². The predicted octanol–water partition coefficient (Wildman–Crippen LogP) is 1.23. The quantitative estimate of drug-likeness (QED) is 0.822. The molecule has 0 aliphatic carbocycles. The van der Waals surface area contributed by atoms with E-state index in [-0.39, 0.29) is 5.69 Å². The Morgan fingerprint density at radius 1 is 1.61 bits per heavy atom. The van der Waals surface area contributed by atoms with Crippen molar-refractivity contribution in [1.82, 2.24) is 24.7 Å². The van der Waals surface area contributed by atoms with Crippen molar-refractivity contribution >= 4 is 29.3 Å². The highest BCUT2D eigenvalue weighted by molar-refractivity contribution is 7.99. The lowest BCUT2D eigenvalue weighted by Gasteiger charge is -2.05. The molecule has 0 unspecified atom stereocenters. The van der Waals surface area contributed by atoms with Gasteiger partial charge in [0, 0.05) is 13.6 Å². The summed E-state index contributed by atoms with van der Waals surface area (Å²) in [4.78, 5) is 19.6. The molecule has 0 radical (unpaired) electrons. The summed E-state index contributed by atoms with van der Waals surface area (Å²) in [6, 6.07) is 0. The van der Waals surface area contributed by atoms with Gasteiger partial charge in [-0.2, -0.15) is 0 Å². The van der Waals surface area contributed by atoms with Crippen molar-refractivity contribution < 1.29 is 0 Å². The van der Waals surface area contributed by atoms with Gasteiger partial charge in [0.1, 0.15) is 5.03 Å². The van der Waals surface area contributed by atoms with E-state index in [9.17, 15) is 4.79 Å². The zero-order valence-corrected chi connectivity index (χ0v) is 11.3. The molecule has 0 saturated heterocycles. The van der Waals surface area contributed by atoms with Gasteiger partial charge in [-0.25, -0.2) is 19.9 Å². The highest BCUT2D eigenvalue weighted by Gasteiger charge is 2.13. The smallest absolute Gasteiger partial charge is 0.343 e. The highest BCUT2D eigenvalue weighted by atomic mass is 35.5. The molecule has 0 aliphatic rings. The number of halogens is 1. The fourth-order valence-electron chi connectivity index (χ4n) is 1.29. The third-order valence-electron chi connectivity index (χ3n) is 2.16. The lowest BCUT2D eigenvalue weighted by molar-refractivity contribution is 0.660. The molecule has 0 spiro atoms. The standard InChI is InChI=1S/C9H11ClN6OS/c1-3-16-8(17)14-15-9(16)18-6-5(10)4-12-7(11-2)13-6/h4H,3H2,1-2H3,(H,14,17)(H,11,12,13). The average Bonchev–Trinajstić information content (AvgIpc) is 2.72. The van der Waals surface area contributed by atoms with Crippen molar-refractivity contribution in [2.45, 2.75) is 23.7 Å². The van der Waals surface area contributed by atoms with E-state index < -0.39 is 0 Å². The van der Waals surface area contributed by atoms with Gasteiger partial charge < -0.3 is 5.32 Å². The average molecular weight is 287 g/mol. The number of rotatable bonds is 4. The molecule has 2 N–H and O–H groups in total. The van der Waals surface area contributed by atoms with Crippen LogP contribution < -0.4 is 11.0 Å². The minimum absolute atomic E-state index is 0.251. The fourth-order valence-corrected chi connectivity index (χ4v) is 2.37. The monoisotopic (exact) mass is 286 g/mol. The van der Waals surface area contributed by atoms with Crippen molar-refractivity contribution in [1.29, 1.82) is 0 Å². The molecule has 2 rings (SSSR count). The predicted molar refractivity (Wildman–Crippen MR) is 69.2 cm³/mol. The van der Waals surface area contributed by atoms with E-state index in [4.69, 9.17) is 11.6 Å². The van der Waals surface area contributed by atoms with Crippen LogP contribution in [0.4, 0.5) is 5.95 Å². The summed E-state index contributed by atoms with van der Waals surface area (Å²) in [6.07, 6.45) is 1.50. The molecule has 9 heteroatoms. The maximum atomic E-state index is 11.4. The first-order valence-corrected chi connectivity index (χ1v) is 6.38. The summed E-state index contributed by atoms with van der Waals surface area (Å²) < 4.78 is 1.50. The van der Waals surface area contributed by atoms with Crippen LogP contribution in [-0.4, -0.2) is 31.8 Å². The van der Waals surface area contributed by atoms with Gasteiger partial charge in [-0.15, -0.1) is 5.10 Å². The number of aromatic amines is 1. The first kappa shape index (κ1) is 12.9. The Morgan fingerprint density at radius 3 is 3.06 bits per heavy atom. The molecule has 0 saturated carbocycles. The summed E-state index contributed by atoms with van der Waals surface area (Å²) >= 11 is 7.22. The number of hydrogen-bond donors (Lipinski definition) is 2. The number of hydrogen-bond acceptors (Lipinski definition) is 6. The first-order valence-electron chi connectivity index (χ1n) is 5.19. The number of nitrogens with one attached hydrogen (secondary N) is 2. The summed E-state index contributed by atoms with van der Waals surface area (Å²) in [7, 11) is 1.72. The van der Waals surface area contributed by atoms with Crippen molar-refractivity contribution in [3.05, 3.63) is 21.7 Å². The number of anilines is 1. The van der Waals surface area contributed by atoms with Gasteiger partial charge >= 0.3 is 5.69 Å². The second kappa shape index (κ2) is 5.40. The van der Waals surface area contributed by atoms with Gasteiger partial charge in [0.15, 0.2) is 5.16 Å². The molecular formula is C9H11ClN6OS. The Morgan fingerprint density at radius 2 is 2.39 bits per heavy atom. The van der Waals surface area contributed by atoms with Crippen molar-refractivity contribution in [2.75, 3.05) is 12.4 Å². The van der Waals surface area contributed by atoms with Crippen molar-refractivity contribution in [3.8, 4) is 0 Å². The van der Waals surface area contributed by atoms with Crippen molar-refractivity contribution in [3.63, 3.8) is 0 Å². The molecule has 2 aromatic heterocycles. The van der Waals surface area contributed by atoms with Crippen LogP contribution in [0.3, 0.4) is 0 Å². The molecule has 2 heterocycles. The Labute approximate surface area is 112 Å². The zero-order chi connectivity index (χ0) is 13.1. The Kier molecular flexibility index (Phi) is 3.87. The number of nitrogens with zero attached hydrogens (tertiary/aromatic N) is 4. The minimum atomic E-state index is -0.251. The Hall–Kier alpha value is -1.54. The second-order valence-electron chi connectivity index (χ2n) is 3.25. The largest absolute Gasteiger partial charge is 0.357 e. The summed E-state index contributed by atoms with van der Waals surface area (Å²) in [5.41, 5.74) is -0.251. The third-order valence-corrected chi connectivity index (χ3v) is 3.55. The van der Waals surface area contributed by atoms with Gasteiger partial charge in [0.05, 0.1) is 11.2 Å². The van der Waals surface area contributed by atoms with Crippen LogP contribution >= 0.6 is 23.4 Å². The molecule has 0 aromatic carbocycles. The fraction of sp³-hybridized carbons (Fsp3) is 0.333. The first-order chi connectivity index (χ1) is 8.65. The van der Waals surface area contributed by atoms with Gasteiger partial charge in [-0.05, 0) is 18.7 Å². The topological polar surface area (TPSA) is 88.5 Å². The molecule has 0 aliphatic heterocycles. The van der Waals surface area contributed by atoms with Crippen LogP contribution in [0.15, 0.2) is 21.2 Å². The van der Waals surface area contributed by atoms with Crippen LogP contribution in [0.1, 0.15) is 6.92 Å². The highest BCUT2D eigenvalue weighted by Crippen LogP contribution is 2.29. The van der Waals surface area contributed by atoms with Gasteiger partial charge in [-0.1, -0.05) is 11.6 Å². The van der Waals surface area contributed by atoms with Crippen LogP contribution in [-0.2, 0) is 6.54 Å². The Balaban J connectivity index is 2.36. The van der Waals surface area contributed by atoms with E-state index in [1.165, 1.54) is 22.5 Å².